The molecule has 1 saturated carbocycles. The lowest BCUT2D eigenvalue weighted by Gasteiger charge is -2.37. The lowest BCUT2D eigenvalue weighted by atomic mass is 9.76. The van der Waals surface area contributed by atoms with Crippen molar-refractivity contribution in [3.8, 4) is 0 Å². The molecule has 1 aliphatic rings. The first kappa shape index (κ1) is 14.1. The smallest absolute Gasteiger partial charge is 0.270 e. The van der Waals surface area contributed by atoms with Crippen LogP contribution in [0.5, 0.6) is 0 Å². The summed E-state index contributed by atoms with van der Waals surface area (Å²) in [6, 6.07) is 15.8. The van der Waals surface area contributed by atoms with Crippen molar-refractivity contribution in [1.29, 1.82) is 0 Å². The number of benzene rings is 2. The van der Waals surface area contributed by atoms with Crippen molar-refractivity contribution in [2.45, 2.75) is 24.8 Å². The van der Waals surface area contributed by atoms with Gasteiger partial charge in [-0.1, -0.05) is 30.3 Å². The zero-order valence-corrected chi connectivity index (χ0v) is 12.9. The highest BCUT2D eigenvalue weighted by Gasteiger charge is 2.30. The summed E-state index contributed by atoms with van der Waals surface area (Å²) in [6.45, 7) is 0. The number of nitrogens with one attached hydrogen (secondary N) is 1. The Morgan fingerprint density at radius 2 is 1.86 bits per heavy atom. The van der Waals surface area contributed by atoms with E-state index in [2.05, 4.69) is 45.5 Å². The first-order chi connectivity index (χ1) is 10.1. The van der Waals surface area contributed by atoms with Gasteiger partial charge in [0.2, 0.25) is 0 Å². The van der Waals surface area contributed by atoms with Gasteiger partial charge in [0.1, 0.15) is 0 Å². The summed E-state index contributed by atoms with van der Waals surface area (Å²) in [5, 5.41) is 14.2. The Hall–Kier alpha value is -1.88. The quantitative estimate of drug-likeness (QED) is 0.643. The van der Waals surface area contributed by atoms with Crippen molar-refractivity contribution in [3.05, 3.63) is 68.7 Å². The molecule has 0 bridgehead atoms. The molecule has 3 rings (SSSR count). The fourth-order valence-electron chi connectivity index (χ4n) is 2.69. The minimum Gasteiger partial charge on any atom is -0.381 e. The Kier molecular flexibility index (Phi) is 3.92. The molecule has 21 heavy (non-hydrogen) atoms. The molecule has 1 aliphatic carbocycles. The Morgan fingerprint density at radius 1 is 1.14 bits per heavy atom. The maximum absolute atomic E-state index is 10.7. The standard InChI is InChI=1S/C16H15BrN2O2/c17-15-10-14(19(20)21)6-7-16(15)18-13-8-12(9-13)11-4-2-1-3-5-11/h1-7,10,12-13,18H,8-9H2. The second kappa shape index (κ2) is 5.85. The number of nitro benzene ring substituents is 1. The number of anilines is 1. The predicted octanol–water partition coefficient (Wildman–Crippen LogP) is 4.72. The largest absolute Gasteiger partial charge is 0.381 e. The van der Waals surface area contributed by atoms with Crippen LogP contribution in [-0.2, 0) is 0 Å². The fourth-order valence-corrected chi connectivity index (χ4v) is 3.17. The lowest BCUT2D eigenvalue weighted by Crippen LogP contribution is -2.34. The van der Waals surface area contributed by atoms with Gasteiger partial charge in [-0.3, -0.25) is 10.1 Å². The van der Waals surface area contributed by atoms with E-state index >= 15 is 0 Å². The molecule has 0 spiro atoms. The van der Waals surface area contributed by atoms with E-state index in [1.54, 1.807) is 6.07 Å². The molecule has 4 nitrogen and oxygen atoms in total. The molecule has 2 aromatic rings. The number of nitro groups is 1. The molecule has 0 aliphatic heterocycles. The summed E-state index contributed by atoms with van der Waals surface area (Å²) in [5.74, 6) is 0.612. The topological polar surface area (TPSA) is 55.2 Å². The highest BCUT2D eigenvalue weighted by molar-refractivity contribution is 9.10. The molecule has 0 atom stereocenters. The van der Waals surface area contributed by atoms with Crippen LogP contribution in [0.15, 0.2) is 53.0 Å². The first-order valence-corrected chi connectivity index (χ1v) is 7.68. The molecule has 0 saturated heterocycles. The molecule has 108 valence electrons. The van der Waals surface area contributed by atoms with Gasteiger partial charge in [0.05, 0.1) is 4.92 Å². The molecule has 1 fully saturated rings. The fraction of sp³-hybridized carbons (Fsp3) is 0.250. The maximum atomic E-state index is 10.7. The zero-order valence-electron chi connectivity index (χ0n) is 11.3. The van der Waals surface area contributed by atoms with Gasteiger partial charge in [0.15, 0.2) is 0 Å². The summed E-state index contributed by atoms with van der Waals surface area (Å²) >= 11 is 3.39. The van der Waals surface area contributed by atoms with Crippen molar-refractivity contribution in [3.63, 3.8) is 0 Å². The second-order valence-corrected chi connectivity index (χ2v) is 6.20. The molecular weight excluding hydrogens is 332 g/mol. The lowest BCUT2D eigenvalue weighted by molar-refractivity contribution is -0.384. The Morgan fingerprint density at radius 3 is 2.48 bits per heavy atom. The highest BCUT2D eigenvalue weighted by atomic mass is 79.9. The van der Waals surface area contributed by atoms with Crippen molar-refractivity contribution >= 4 is 27.3 Å². The zero-order chi connectivity index (χ0) is 14.8. The van der Waals surface area contributed by atoms with E-state index in [1.165, 1.54) is 17.7 Å². The van der Waals surface area contributed by atoms with Crippen LogP contribution in [0.25, 0.3) is 0 Å². The molecule has 2 aromatic carbocycles. The molecule has 1 N–H and O–H groups in total. The van der Waals surface area contributed by atoms with Gasteiger partial charge >= 0.3 is 0 Å². The van der Waals surface area contributed by atoms with E-state index in [1.807, 2.05) is 6.07 Å². The average molecular weight is 347 g/mol. The van der Waals surface area contributed by atoms with Crippen molar-refractivity contribution in [2.24, 2.45) is 0 Å². The number of halogens is 1. The van der Waals surface area contributed by atoms with Crippen molar-refractivity contribution in [2.75, 3.05) is 5.32 Å². The monoisotopic (exact) mass is 346 g/mol. The van der Waals surface area contributed by atoms with E-state index in [0.29, 0.717) is 12.0 Å². The summed E-state index contributed by atoms with van der Waals surface area (Å²) in [5.41, 5.74) is 2.40. The van der Waals surface area contributed by atoms with Crippen LogP contribution in [-0.4, -0.2) is 11.0 Å². The maximum Gasteiger partial charge on any atom is 0.270 e. The van der Waals surface area contributed by atoms with Gasteiger partial charge in [0, 0.05) is 28.3 Å². The molecule has 0 aromatic heterocycles. The third-order valence-electron chi connectivity index (χ3n) is 3.93. The molecule has 0 heterocycles. The van der Waals surface area contributed by atoms with Crippen LogP contribution < -0.4 is 5.32 Å². The molecule has 5 heteroatoms. The van der Waals surface area contributed by atoms with Crippen LogP contribution in [0.4, 0.5) is 11.4 Å². The van der Waals surface area contributed by atoms with Gasteiger partial charge in [-0.25, -0.2) is 0 Å². The van der Waals surface area contributed by atoms with Gasteiger partial charge in [0.25, 0.3) is 5.69 Å². The highest BCUT2D eigenvalue weighted by Crippen LogP contribution is 2.39. The molecular formula is C16H15BrN2O2. The Balaban J connectivity index is 1.61. The van der Waals surface area contributed by atoms with E-state index < -0.39 is 0 Å². The van der Waals surface area contributed by atoms with E-state index in [0.717, 1.165) is 23.0 Å². The number of rotatable bonds is 4. The summed E-state index contributed by atoms with van der Waals surface area (Å²) in [7, 11) is 0. The first-order valence-electron chi connectivity index (χ1n) is 6.89. The van der Waals surface area contributed by atoms with Crippen LogP contribution in [0.2, 0.25) is 0 Å². The second-order valence-electron chi connectivity index (χ2n) is 5.34. The SMILES string of the molecule is O=[N+]([O-])c1ccc(NC2CC(c3ccccc3)C2)c(Br)c1. The van der Waals surface area contributed by atoms with E-state index in [9.17, 15) is 10.1 Å². The van der Waals surface area contributed by atoms with E-state index in [4.69, 9.17) is 0 Å². The molecule has 0 radical (unpaired) electrons. The van der Waals surface area contributed by atoms with Crippen LogP contribution in [0, 0.1) is 10.1 Å². The molecule has 0 amide bonds. The minimum absolute atomic E-state index is 0.100. The van der Waals surface area contributed by atoms with Gasteiger partial charge in [-0.05, 0) is 46.3 Å². The number of non-ortho nitro benzene ring substituents is 1. The van der Waals surface area contributed by atoms with Gasteiger partial charge < -0.3 is 5.32 Å². The Labute approximate surface area is 131 Å². The van der Waals surface area contributed by atoms with Crippen LogP contribution in [0.3, 0.4) is 0 Å². The minimum atomic E-state index is -0.386. The number of hydrogen-bond donors (Lipinski definition) is 1. The van der Waals surface area contributed by atoms with Crippen molar-refractivity contribution in [1.82, 2.24) is 0 Å². The summed E-state index contributed by atoms with van der Waals surface area (Å²) in [4.78, 5) is 10.3. The summed E-state index contributed by atoms with van der Waals surface area (Å²) in [6.07, 6.45) is 2.18. The summed E-state index contributed by atoms with van der Waals surface area (Å²) < 4.78 is 0.736. The third-order valence-corrected chi connectivity index (χ3v) is 4.59. The van der Waals surface area contributed by atoms with Gasteiger partial charge in [-0.2, -0.15) is 0 Å². The van der Waals surface area contributed by atoms with E-state index in [-0.39, 0.29) is 10.6 Å². The van der Waals surface area contributed by atoms with Crippen molar-refractivity contribution < 1.29 is 4.92 Å². The predicted molar refractivity (Wildman–Crippen MR) is 86.6 cm³/mol. The molecule has 0 unspecified atom stereocenters. The van der Waals surface area contributed by atoms with Crippen LogP contribution >= 0.6 is 15.9 Å². The Bertz CT molecular complexity index is 655. The van der Waals surface area contributed by atoms with Crippen LogP contribution in [0.1, 0.15) is 24.3 Å². The normalized spacial score (nSPS) is 20.6. The number of hydrogen-bond acceptors (Lipinski definition) is 3. The third kappa shape index (κ3) is 3.08. The number of nitrogens with zero attached hydrogens (tertiary/aromatic N) is 1. The average Bonchev–Trinajstić information content (AvgIpc) is 2.44. The van der Waals surface area contributed by atoms with Gasteiger partial charge in [-0.15, -0.1) is 0 Å².